The molecular formula is C10H11NS. The Hall–Kier alpha value is -0.890. The number of rotatable bonds is 0. The lowest BCUT2D eigenvalue weighted by Gasteiger charge is -2.02. The predicted octanol–water partition coefficient (Wildman–Crippen LogP) is 2.85. The number of anilines is 1. The van der Waals surface area contributed by atoms with Crippen LogP contribution in [0.15, 0.2) is 18.2 Å². The maximum absolute atomic E-state index is 5.20. The summed E-state index contributed by atoms with van der Waals surface area (Å²) in [4.78, 5) is 0.944. The Labute approximate surface area is 77.8 Å². The molecule has 0 saturated heterocycles. The van der Waals surface area contributed by atoms with Gasteiger partial charge in [0.25, 0.3) is 0 Å². The van der Waals surface area contributed by atoms with Crippen molar-refractivity contribution in [2.45, 2.75) is 19.8 Å². The van der Waals surface area contributed by atoms with E-state index < -0.39 is 0 Å². The Morgan fingerprint density at radius 2 is 2.17 bits per heavy atom. The van der Waals surface area contributed by atoms with Crippen molar-refractivity contribution in [3.05, 3.63) is 29.3 Å². The van der Waals surface area contributed by atoms with Crippen LogP contribution in [0.1, 0.15) is 24.0 Å². The van der Waals surface area contributed by atoms with E-state index in [-0.39, 0.29) is 0 Å². The van der Waals surface area contributed by atoms with Crippen LogP contribution in [0.5, 0.6) is 0 Å². The van der Waals surface area contributed by atoms with Crippen molar-refractivity contribution in [3.63, 3.8) is 0 Å². The first-order valence-corrected chi connectivity index (χ1v) is 4.51. The number of aryl methyl sites for hydroxylation is 1. The van der Waals surface area contributed by atoms with Crippen LogP contribution in [-0.4, -0.2) is 4.99 Å². The number of nitrogens with one attached hydrogen (secondary N) is 1. The molecule has 0 radical (unpaired) electrons. The van der Waals surface area contributed by atoms with Crippen LogP contribution in [0.25, 0.3) is 0 Å². The third-order valence-corrected chi connectivity index (χ3v) is 2.87. The van der Waals surface area contributed by atoms with Crippen molar-refractivity contribution < 1.29 is 0 Å². The summed E-state index contributed by atoms with van der Waals surface area (Å²) in [6.45, 7) is 4.24. The quantitative estimate of drug-likeness (QED) is 0.611. The molecule has 1 unspecified atom stereocenters. The van der Waals surface area contributed by atoms with Gasteiger partial charge in [-0.25, -0.2) is 0 Å². The lowest BCUT2D eigenvalue weighted by Crippen LogP contribution is -2.05. The average Bonchev–Trinajstić information content (AvgIpc) is 2.32. The van der Waals surface area contributed by atoms with Gasteiger partial charge >= 0.3 is 0 Å². The zero-order chi connectivity index (χ0) is 8.72. The largest absolute Gasteiger partial charge is 0.349 e. The first-order valence-electron chi connectivity index (χ1n) is 4.10. The average molecular weight is 177 g/mol. The van der Waals surface area contributed by atoms with Crippen molar-refractivity contribution >= 4 is 22.9 Å². The Morgan fingerprint density at radius 1 is 1.42 bits per heavy atom. The number of para-hydroxylation sites is 1. The standard InChI is InChI=1S/C10H11NS/c1-6-4-3-5-8-7(2)10(12)11-9(6)8/h3-5,7H,1-2H3,(H,11,12). The van der Waals surface area contributed by atoms with E-state index in [0.717, 1.165) is 4.99 Å². The highest BCUT2D eigenvalue weighted by molar-refractivity contribution is 7.80. The van der Waals surface area contributed by atoms with Crippen molar-refractivity contribution in [2.24, 2.45) is 0 Å². The third kappa shape index (κ3) is 0.950. The predicted molar refractivity (Wildman–Crippen MR) is 55.8 cm³/mol. The second-order valence-electron chi connectivity index (χ2n) is 3.25. The number of thiocarbonyl (C=S) groups is 1. The topological polar surface area (TPSA) is 12.0 Å². The lowest BCUT2D eigenvalue weighted by atomic mass is 10.0. The van der Waals surface area contributed by atoms with Gasteiger partial charge in [0, 0.05) is 11.6 Å². The van der Waals surface area contributed by atoms with E-state index in [1.54, 1.807) is 0 Å². The van der Waals surface area contributed by atoms with E-state index in [1.807, 2.05) is 0 Å². The summed E-state index contributed by atoms with van der Waals surface area (Å²) in [5.74, 6) is 0.384. The molecule has 2 rings (SSSR count). The fraction of sp³-hybridized carbons (Fsp3) is 0.300. The van der Waals surface area contributed by atoms with Gasteiger partial charge in [0.2, 0.25) is 0 Å². The van der Waals surface area contributed by atoms with Crippen LogP contribution in [0.2, 0.25) is 0 Å². The lowest BCUT2D eigenvalue weighted by molar-refractivity contribution is 1.07. The Bertz CT molecular complexity index is 344. The van der Waals surface area contributed by atoms with Gasteiger partial charge in [0.15, 0.2) is 0 Å². The van der Waals surface area contributed by atoms with E-state index in [1.165, 1.54) is 16.8 Å². The molecule has 1 aliphatic heterocycles. The molecule has 0 fully saturated rings. The highest BCUT2D eigenvalue weighted by Crippen LogP contribution is 2.34. The van der Waals surface area contributed by atoms with Gasteiger partial charge in [-0.2, -0.15) is 0 Å². The highest BCUT2D eigenvalue weighted by Gasteiger charge is 2.23. The van der Waals surface area contributed by atoms with E-state index in [0.29, 0.717) is 5.92 Å². The highest BCUT2D eigenvalue weighted by atomic mass is 32.1. The molecule has 0 aliphatic carbocycles. The first-order chi connectivity index (χ1) is 5.70. The van der Waals surface area contributed by atoms with E-state index in [4.69, 9.17) is 12.2 Å². The monoisotopic (exact) mass is 177 g/mol. The van der Waals surface area contributed by atoms with Gasteiger partial charge in [-0.05, 0) is 18.1 Å². The molecule has 0 aromatic heterocycles. The Kier molecular flexibility index (Phi) is 1.65. The molecule has 2 heteroatoms. The van der Waals surface area contributed by atoms with Crippen LogP contribution in [-0.2, 0) is 0 Å². The summed E-state index contributed by atoms with van der Waals surface area (Å²) in [6.07, 6.45) is 0. The second kappa shape index (κ2) is 2.56. The molecule has 0 bridgehead atoms. The SMILES string of the molecule is Cc1cccc2c1NC(=S)C2C. The van der Waals surface area contributed by atoms with Crippen molar-refractivity contribution in [2.75, 3.05) is 5.32 Å². The zero-order valence-electron chi connectivity index (χ0n) is 7.22. The molecule has 1 N–H and O–H groups in total. The fourth-order valence-corrected chi connectivity index (χ4v) is 1.82. The molecule has 1 aliphatic rings. The van der Waals surface area contributed by atoms with Crippen molar-refractivity contribution in [1.29, 1.82) is 0 Å². The fourth-order valence-electron chi connectivity index (χ4n) is 1.59. The van der Waals surface area contributed by atoms with Gasteiger partial charge in [0.1, 0.15) is 0 Å². The molecule has 12 heavy (non-hydrogen) atoms. The normalized spacial score (nSPS) is 20.5. The van der Waals surface area contributed by atoms with E-state index in [2.05, 4.69) is 37.4 Å². The van der Waals surface area contributed by atoms with Crippen molar-refractivity contribution in [3.8, 4) is 0 Å². The summed E-state index contributed by atoms with van der Waals surface area (Å²) < 4.78 is 0. The number of benzene rings is 1. The van der Waals surface area contributed by atoms with Gasteiger partial charge in [-0.3, -0.25) is 0 Å². The van der Waals surface area contributed by atoms with Crippen LogP contribution in [0, 0.1) is 6.92 Å². The van der Waals surface area contributed by atoms with Crippen LogP contribution in [0.3, 0.4) is 0 Å². The molecule has 0 saturated carbocycles. The van der Waals surface area contributed by atoms with E-state index in [9.17, 15) is 0 Å². The summed E-state index contributed by atoms with van der Waals surface area (Å²) >= 11 is 5.20. The molecule has 0 amide bonds. The van der Waals surface area contributed by atoms with Gasteiger partial charge in [-0.1, -0.05) is 37.3 Å². The van der Waals surface area contributed by atoms with Crippen LogP contribution in [0.4, 0.5) is 5.69 Å². The molecule has 1 aromatic carbocycles. The number of fused-ring (bicyclic) bond motifs is 1. The van der Waals surface area contributed by atoms with Gasteiger partial charge in [0.05, 0.1) is 4.99 Å². The van der Waals surface area contributed by atoms with Gasteiger partial charge < -0.3 is 5.32 Å². The van der Waals surface area contributed by atoms with Crippen LogP contribution >= 0.6 is 12.2 Å². The second-order valence-corrected chi connectivity index (χ2v) is 3.69. The summed E-state index contributed by atoms with van der Waals surface area (Å²) in [7, 11) is 0. The Morgan fingerprint density at radius 3 is 2.83 bits per heavy atom. The maximum Gasteiger partial charge on any atom is 0.0871 e. The van der Waals surface area contributed by atoms with Crippen LogP contribution < -0.4 is 5.32 Å². The van der Waals surface area contributed by atoms with E-state index >= 15 is 0 Å². The van der Waals surface area contributed by atoms with Gasteiger partial charge in [-0.15, -0.1) is 0 Å². The third-order valence-electron chi connectivity index (χ3n) is 2.41. The zero-order valence-corrected chi connectivity index (χ0v) is 8.03. The molecule has 1 atom stereocenters. The minimum absolute atomic E-state index is 0.384. The summed E-state index contributed by atoms with van der Waals surface area (Å²) in [5.41, 5.74) is 3.83. The molecule has 1 aromatic rings. The summed E-state index contributed by atoms with van der Waals surface area (Å²) in [6, 6.07) is 6.33. The molecular weight excluding hydrogens is 166 g/mol. The summed E-state index contributed by atoms with van der Waals surface area (Å²) in [5, 5.41) is 3.25. The maximum atomic E-state index is 5.20. The molecule has 1 heterocycles. The minimum Gasteiger partial charge on any atom is -0.349 e. The number of hydrogen-bond donors (Lipinski definition) is 1. The molecule has 1 nitrogen and oxygen atoms in total. The Balaban J connectivity index is 2.60. The first kappa shape index (κ1) is 7.74. The minimum atomic E-state index is 0.384. The van der Waals surface area contributed by atoms with Crippen molar-refractivity contribution in [1.82, 2.24) is 0 Å². The molecule has 62 valence electrons. The molecule has 0 spiro atoms. The number of hydrogen-bond acceptors (Lipinski definition) is 1. The smallest absolute Gasteiger partial charge is 0.0871 e.